The molecule has 0 aliphatic carbocycles. The molecule has 1 aromatic carbocycles. The van der Waals surface area contributed by atoms with Crippen LogP contribution < -0.4 is 5.32 Å². The molecular formula is C20H27N3O2. The summed E-state index contributed by atoms with van der Waals surface area (Å²) < 4.78 is 7.62. The number of likely N-dealkylation sites (tertiary alicyclic amines) is 1. The SMILES string of the molecule is CCOCc1ccccc1CNC(=O)N1CCC[C@H]1c1cccn1C. The number of amides is 2. The summed E-state index contributed by atoms with van der Waals surface area (Å²) in [6.45, 7) is 4.59. The fourth-order valence-electron chi connectivity index (χ4n) is 3.49. The molecular weight excluding hydrogens is 314 g/mol. The van der Waals surface area contributed by atoms with Crippen molar-refractivity contribution in [3.05, 3.63) is 59.4 Å². The van der Waals surface area contributed by atoms with Gasteiger partial charge >= 0.3 is 6.03 Å². The number of aromatic nitrogens is 1. The highest BCUT2D eigenvalue weighted by Gasteiger charge is 2.31. The predicted molar refractivity (Wildman–Crippen MR) is 98.1 cm³/mol. The maximum atomic E-state index is 12.7. The van der Waals surface area contributed by atoms with Crippen LogP contribution in [0.4, 0.5) is 4.79 Å². The molecule has 1 N–H and O–H groups in total. The average molecular weight is 341 g/mol. The quantitative estimate of drug-likeness (QED) is 0.872. The topological polar surface area (TPSA) is 46.5 Å². The second-order valence-corrected chi connectivity index (χ2v) is 6.46. The molecule has 1 aliphatic rings. The summed E-state index contributed by atoms with van der Waals surface area (Å²) >= 11 is 0. The lowest BCUT2D eigenvalue weighted by Gasteiger charge is -2.26. The van der Waals surface area contributed by atoms with Crippen LogP contribution in [0.3, 0.4) is 0 Å². The zero-order chi connectivity index (χ0) is 17.6. The number of ether oxygens (including phenoxy) is 1. The summed E-state index contributed by atoms with van der Waals surface area (Å²) in [5.41, 5.74) is 3.44. The van der Waals surface area contributed by atoms with Crippen LogP contribution in [0.25, 0.3) is 0 Å². The van der Waals surface area contributed by atoms with Crippen LogP contribution in [-0.4, -0.2) is 28.6 Å². The number of nitrogens with zero attached hydrogens (tertiary/aromatic N) is 2. The van der Waals surface area contributed by atoms with E-state index in [4.69, 9.17) is 4.74 Å². The molecule has 0 spiro atoms. The van der Waals surface area contributed by atoms with Crippen molar-refractivity contribution in [3.8, 4) is 0 Å². The fourth-order valence-corrected chi connectivity index (χ4v) is 3.49. The smallest absolute Gasteiger partial charge is 0.318 e. The van der Waals surface area contributed by atoms with Gasteiger partial charge in [-0.2, -0.15) is 0 Å². The highest BCUT2D eigenvalue weighted by molar-refractivity contribution is 5.75. The summed E-state index contributed by atoms with van der Waals surface area (Å²) in [6, 6.07) is 12.4. The van der Waals surface area contributed by atoms with E-state index in [-0.39, 0.29) is 12.1 Å². The van der Waals surface area contributed by atoms with E-state index in [9.17, 15) is 4.79 Å². The van der Waals surface area contributed by atoms with E-state index >= 15 is 0 Å². The first-order valence-corrected chi connectivity index (χ1v) is 9.01. The van der Waals surface area contributed by atoms with Crippen molar-refractivity contribution in [2.24, 2.45) is 7.05 Å². The van der Waals surface area contributed by atoms with E-state index in [1.807, 2.05) is 49.3 Å². The van der Waals surface area contributed by atoms with Crippen LogP contribution in [0.15, 0.2) is 42.6 Å². The molecule has 3 rings (SSSR count). The van der Waals surface area contributed by atoms with E-state index in [2.05, 4.69) is 22.0 Å². The number of benzene rings is 1. The molecule has 134 valence electrons. The summed E-state index contributed by atoms with van der Waals surface area (Å²) in [4.78, 5) is 14.7. The van der Waals surface area contributed by atoms with Gasteiger partial charge in [0.15, 0.2) is 0 Å². The molecule has 1 saturated heterocycles. The minimum Gasteiger partial charge on any atom is -0.377 e. The van der Waals surface area contributed by atoms with E-state index in [0.717, 1.165) is 30.5 Å². The molecule has 5 nitrogen and oxygen atoms in total. The lowest BCUT2D eigenvalue weighted by Crippen LogP contribution is -2.39. The average Bonchev–Trinajstić information content (AvgIpc) is 3.27. The van der Waals surface area contributed by atoms with Crippen LogP contribution in [-0.2, 0) is 24.9 Å². The number of aryl methyl sites for hydroxylation is 1. The zero-order valence-electron chi connectivity index (χ0n) is 15.1. The Hall–Kier alpha value is -2.27. The Kier molecular flexibility index (Phi) is 5.76. The van der Waals surface area contributed by atoms with Crippen LogP contribution in [0, 0.1) is 0 Å². The van der Waals surface area contributed by atoms with Crippen molar-refractivity contribution in [2.75, 3.05) is 13.2 Å². The molecule has 0 unspecified atom stereocenters. The van der Waals surface area contributed by atoms with Gasteiger partial charge in [-0.15, -0.1) is 0 Å². The Labute approximate surface area is 149 Å². The Morgan fingerprint density at radius 2 is 2.04 bits per heavy atom. The summed E-state index contributed by atoms with van der Waals surface area (Å²) in [7, 11) is 2.04. The van der Waals surface area contributed by atoms with Gasteiger partial charge in [0.1, 0.15) is 0 Å². The van der Waals surface area contributed by atoms with Crippen LogP contribution in [0.5, 0.6) is 0 Å². The minimum atomic E-state index is 0.00918. The van der Waals surface area contributed by atoms with Gasteiger partial charge in [0.25, 0.3) is 0 Å². The largest absolute Gasteiger partial charge is 0.377 e. The van der Waals surface area contributed by atoms with Crippen molar-refractivity contribution in [1.82, 2.24) is 14.8 Å². The summed E-state index contributed by atoms with van der Waals surface area (Å²) in [5.74, 6) is 0. The highest BCUT2D eigenvalue weighted by Crippen LogP contribution is 2.31. The molecule has 0 radical (unpaired) electrons. The van der Waals surface area contributed by atoms with E-state index in [1.54, 1.807) is 0 Å². The Bertz CT molecular complexity index is 710. The number of carbonyl (C=O) groups excluding carboxylic acids is 1. The van der Waals surface area contributed by atoms with E-state index in [0.29, 0.717) is 19.8 Å². The van der Waals surface area contributed by atoms with Crippen molar-refractivity contribution in [3.63, 3.8) is 0 Å². The first-order chi connectivity index (χ1) is 12.2. The van der Waals surface area contributed by atoms with Gasteiger partial charge in [-0.25, -0.2) is 4.79 Å². The van der Waals surface area contributed by atoms with Crippen molar-refractivity contribution >= 4 is 6.03 Å². The molecule has 1 fully saturated rings. The predicted octanol–water partition coefficient (Wildman–Crippen LogP) is 3.61. The van der Waals surface area contributed by atoms with E-state index in [1.165, 1.54) is 5.69 Å². The van der Waals surface area contributed by atoms with Gasteiger partial charge in [0.05, 0.1) is 12.6 Å². The van der Waals surface area contributed by atoms with Gasteiger partial charge in [0.2, 0.25) is 0 Å². The van der Waals surface area contributed by atoms with Gasteiger partial charge in [-0.3, -0.25) is 0 Å². The molecule has 1 aliphatic heterocycles. The number of nitrogens with one attached hydrogen (secondary N) is 1. The molecule has 1 aromatic heterocycles. The number of urea groups is 1. The standard InChI is InChI=1S/C20H27N3O2/c1-3-25-15-17-9-5-4-8-16(17)14-21-20(24)23-13-7-11-19(23)18-10-6-12-22(18)2/h4-6,8-10,12,19H,3,7,11,13-15H2,1-2H3,(H,21,24)/t19-/m0/s1. The Morgan fingerprint density at radius 3 is 2.76 bits per heavy atom. The molecule has 5 heteroatoms. The third kappa shape index (κ3) is 4.04. The minimum absolute atomic E-state index is 0.00918. The number of hydrogen-bond acceptors (Lipinski definition) is 2. The Morgan fingerprint density at radius 1 is 1.24 bits per heavy atom. The second kappa shape index (κ2) is 8.21. The third-order valence-electron chi connectivity index (χ3n) is 4.85. The first-order valence-electron chi connectivity index (χ1n) is 9.01. The number of carbonyl (C=O) groups is 1. The van der Waals surface area contributed by atoms with Gasteiger partial charge in [0, 0.05) is 38.6 Å². The van der Waals surface area contributed by atoms with Gasteiger partial charge in [-0.05, 0) is 43.0 Å². The van der Waals surface area contributed by atoms with Crippen LogP contribution >= 0.6 is 0 Å². The van der Waals surface area contributed by atoms with Crippen LogP contribution in [0.1, 0.15) is 42.6 Å². The van der Waals surface area contributed by atoms with Gasteiger partial charge in [-0.1, -0.05) is 24.3 Å². The number of hydrogen-bond donors (Lipinski definition) is 1. The fraction of sp³-hybridized carbons (Fsp3) is 0.450. The lowest BCUT2D eigenvalue weighted by molar-refractivity contribution is 0.133. The van der Waals surface area contributed by atoms with Gasteiger partial charge < -0.3 is 19.5 Å². The molecule has 25 heavy (non-hydrogen) atoms. The van der Waals surface area contributed by atoms with E-state index < -0.39 is 0 Å². The zero-order valence-corrected chi connectivity index (χ0v) is 15.1. The van der Waals surface area contributed by atoms with Crippen molar-refractivity contribution in [1.29, 1.82) is 0 Å². The highest BCUT2D eigenvalue weighted by atomic mass is 16.5. The third-order valence-corrected chi connectivity index (χ3v) is 4.85. The summed E-state index contributed by atoms with van der Waals surface area (Å²) in [6.07, 6.45) is 4.10. The Balaban J connectivity index is 1.64. The molecule has 2 aromatic rings. The number of rotatable bonds is 6. The normalized spacial score (nSPS) is 17.0. The lowest BCUT2D eigenvalue weighted by atomic mass is 10.1. The monoisotopic (exact) mass is 341 g/mol. The summed E-state index contributed by atoms with van der Waals surface area (Å²) in [5, 5.41) is 3.09. The van der Waals surface area contributed by atoms with Crippen molar-refractivity contribution in [2.45, 2.75) is 39.0 Å². The molecule has 0 saturated carbocycles. The maximum Gasteiger partial charge on any atom is 0.318 e. The molecule has 2 amide bonds. The molecule has 0 bridgehead atoms. The van der Waals surface area contributed by atoms with Crippen LogP contribution in [0.2, 0.25) is 0 Å². The maximum absolute atomic E-state index is 12.7. The second-order valence-electron chi connectivity index (χ2n) is 6.46. The molecule has 1 atom stereocenters. The molecule has 2 heterocycles. The van der Waals surface area contributed by atoms with Crippen molar-refractivity contribution < 1.29 is 9.53 Å². The first kappa shape index (κ1) is 17.5.